The van der Waals surface area contributed by atoms with E-state index in [1.54, 1.807) is 0 Å². The topological polar surface area (TPSA) is 59.1 Å². The number of hydrogen-bond donors (Lipinski definition) is 2. The molecule has 3 rings (SSSR count). The lowest BCUT2D eigenvalue weighted by molar-refractivity contribution is 0.355. The molecule has 0 bridgehead atoms. The highest BCUT2D eigenvalue weighted by atomic mass is 16.5. The van der Waals surface area contributed by atoms with Gasteiger partial charge in [-0.25, -0.2) is 9.97 Å². The average molecular weight is 338 g/mol. The van der Waals surface area contributed by atoms with Gasteiger partial charge in [0, 0.05) is 42.0 Å². The highest BCUT2D eigenvalue weighted by Crippen LogP contribution is 2.39. The first-order valence-corrected chi connectivity index (χ1v) is 8.80. The molecule has 0 saturated carbocycles. The van der Waals surface area contributed by atoms with Crippen LogP contribution in [0, 0.1) is 13.8 Å². The third kappa shape index (κ3) is 3.45. The van der Waals surface area contributed by atoms with Gasteiger partial charge in [0.05, 0.1) is 12.3 Å². The van der Waals surface area contributed by atoms with Crippen LogP contribution in [0.1, 0.15) is 42.8 Å². The normalized spacial score (nSPS) is 13.4. The van der Waals surface area contributed by atoms with E-state index in [-0.39, 0.29) is 0 Å². The number of rotatable bonds is 5. The van der Waals surface area contributed by atoms with Gasteiger partial charge in [0.25, 0.3) is 0 Å². The number of hydrogen-bond acceptors (Lipinski definition) is 5. The lowest BCUT2D eigenvalue weighted by Crippen LogP contribution is -2.05. The Morgan fingerprint density at radius 2 is 2.08 bits per heavy atom. The van der Waals surface area contributed by atoms with Gasteiger partial charge in [-0.2, -0.15) is 0 Å². The summed E-state index contributed by atoms with van der Waals surface area (Å²) < 4.78 is 5.88. The minimum Gasteiger partial charge on any atom is -0.491 e. The lowest BCUT2D eigenvalue weighted by atomic mass is 9.99. The van der Waals surface area contributed by atoms with Crippen LogP contribution in [0.4, 0.5) is 17.3 Å². The van der Waals surface area contributed by atoms with E-state index < -0.39 is 0 Å². The monoisotopic (exact) mass is 338 g/mol. The summed E-state index contributed by atoms with van der Waals surface area (Å²) in [6.07, 6.45) is 4.08. The van der Waals surface area contributed by atoms with Crippen LogP contribution < -0.4 is 15.4 Å². The fourth-order valence-electron chi connectivity index (χ4n) is 3.28. The van der Waals surface area contributed by atoms with Crippen molar-refractivity contribution in [3.8, 4) is 5.75 Å². The van der Waals surface area contributed by atoms with Crippen LogP contribution >= 0.6 is 0 Å². The largest absolute Gasteiger partial charge is 0.491 e. The highest BCUT2D eigenvalue weighted by Gasteiger charge is 2.23. The molecule has 2 aromatic heterocycles. The zero-order valence-electron chi connectivity index (χ0n) is 15.7. The maximum absolute atomic E-state index is 5.88. The van der Waals surface area contributed by atoms with Crippen molar-refractivity contribution in [3.63, 3.8) is 0 Å². The first kappa shape index (κ1) is 17.3. The Hall–Kier alpha value is -2.56. The van der Waals surface area contributed by atoms with Crippen molar-refractivity contribution in [1.29, 1.82) is 0 Å². The molecule has 0 aromatic carbocycles. The minimum atomic E-state index is 0.699. The molecule has 2 aromatic rings. The fraction of sp³-hybridized carbons (Fsp3) is 0.400. The van der Waals surface area contributed by atoms with E-state index in [9.17, 15) is 0 Å². The van der Waals surface area contributed by atoms with Crippen molar-refractivity contribution in [2.24, 2.45) is 0 Å². The molecule has 1 aliphatic heterocycles. The van der Waals surface area contributed by atoms with E-state index in [1.807, 2.05) is 26.1 Å². The van der Waals surface area contributed by atoms with Gasteiger partial charge in [0.2, 0.25) is 0 Å². The molecule has 0 aliphatic carbocycles. The van der Waals surface area contributed by atoms with E-state index >= 15 is 0 Å². The summed E-state index contributed by atoms with van der Waals surface area (Å²) >= 11 is 0. The van der Waals surface area contributed by atoms with E-state index in [0.29, 0.717) is 6.61 Å². The number of allylic oxidation sites excluding steroid dienone is 2. The molecular formula is C20H26N4O. The van der Waals surface area contributed by atoms with Crippen molar-refractivity contribution in [2.45, 2.75) is 40.5 Å². The molecule has 0 amide bonds. The summed E-state index contributed by atoms with van der Waals surface area (Å²) in [5.41, 5.74) is 6.49. The molecule has 0 saturated heterocycles. The zero-order chi connectivity index (χ0) is 18.0. The highest BCUT2D eigenvalue weighted by molar-refractivity contribution is 5.78. The van der Waals surface area contributed by atoms with Crippen LogP contribution in [0.5, 0.6) is 5.75 Å². The quantitative estimate of drug-likeness (QED) is 0.832. The van der Waals surface area contributed by atoms with E-state index in [1.165, 1.54) is 5.57 Å². The first-order chi connectivity index (χ1) is 12.0. The second-order valence-electron chi connectivity index (χ2n) is 6.39. The molecule has 0 radical (unpaired) electrons. The summed E-state index contributed by atoms with van der Waals surface area (Å²) in [6, 6.07) is 4.01. The molecule has 3 heterocycles. The first-order valence-electron chi connectivity index (χ1n) is 8.80. The Bertz CT molecular complexity index is 827. The summed E-state index contributed by atoms with van der Waals surface area (Å²) in [7, 11) is 1.91. The van der Waals surface area contributed by atoms with Gasteiger partial charge >= 0.3 is 0 Å². The molecule has 1 aliphatic rings. The van der Waals surface area contributed by atoms with Crippen LogP contribution in [0.15, 0.2) is 18.2 Å². The third-order valence-electron chi connectivity index (χ3n) is 4.44. The van der Waals surface area contributed by atoms with E-state index in [4.69, 9.17) is 9.72 Å². The smallest absolute Gasteiger partial charge is 0.148 e. The SMILES string of the molecule is CC/C=C(\C)c1c(C)c(Nc2cc(NC)cc(C)n2)nc2c1OCC2. The Balaban J connectivity index is 2.07. The van der Waals surface area contributed by atoms with E-state index in [2.05, 4.69) is 42.5 Å². The van der Waals surface area contributed by atoms with Crippen molar-refractivity contribution in [2.75, 3.05) is 24.3 Å². The number of fused-ring (bicyclic) bond motifs is 1. The number of pyridine rings is 2. The van der Waals surface area contributed by atoms with Crippen LogP contribution in [-0.4, -0.2) is 23.6 Å². The van der Waals surface area contributed by atoms with Gasteiger partial charge in [0.1, 0.15) is 17.4 Å². The van der Waals surface area contributed by atoms with Crippen molar-refractivity contribution in [1.82, 2.24) is 9.97 Å². The number of aromatic nitrogens is 2. The summed E-state index contributed by atoms with van der Waals surface area (Å²) in [6.45, 7) is 9.07. The van der Waals surface area contributed by atoms with Gasteiger partial charge in [-0.15, -0.1) is 0 Å². The predicted octanol–water partition coefficient (Wildman–Crippen LogP) is 4.63. The molecule has 2 N–H and O–H groups in total. The molecule has 0 atom stereocenters. The number of nitrogens with one attached hydrogen (secondary N) is 2. The van der Waals surface area contributed by atoms with Gasteiger partial charge in [-0.05, 0) is 38.8 Å². The standard InChI is InChI=1S/C20H26N4O/c1-6-7-12(2)18-14(4)20(23-16-8-9-25-19(16)18)24-17-11-15(21-5)10-13(3)22-17/h7,10-11H,6,8-9H2,1-5H3,(H2,21,22,23,24)/b12-7+. The molecule has 5 heteroatoms. The maximum Gasteiger partial charge on any atom is 0.148 e. The number of nitrogens with zero attached hydrogens (tertiary/aromatic N) is 2. The summed E-state index contributed by atoms with van der Waals surface area (Å²) in [4.78, 5) is 9.40. The molecule has 0 fully saturated rings. The van der Waals surface area contributed by atoms with Crippen molar-refractivity contribution in [3.05, 3.63) is 40.7 Å². The van der Waals surface area contributed by atoms with Crippen LogP contribution in [0.3, 0.4) is 0 Å². The van der Waals surface area contributed by atoms with Gasteiger partial charge in [-0.1, -0.05) is 13.0 Å². The molecule has 0 spiro atoms. The maximum atomic E-state index is 5.88. The van der Waals surface area contributed by atoms with Crippen molar-refractivity contribution < 1.29 is 4.74 Å². The van der Waals surface area contributed by atoms with Crippen LogP contribution in [-0.2, 0) is 6.42 Å². The van der Waals surface area contributed by atoms with Crippen molar-refractivity contribution >= 4 is 22.9 Å². The Kier molecular flexibility index (Phi) is 4.93. The Morgan fingerprint density at radius 1 is 1.28 bits per heavy atom. The summed E-state index contributed by atoms with van der Waals surface area (Å²) in [5, 5.41) is 6.58. The molecule has 0 unspecified atom stereocenters. The average Bonchev–Trinajstić information content (AvgIpc) is 3.02. The Morgan fingerprint density at radius 3 is 2.80 bits per heavy atom. The Labute approximate surface area is 149 Å². The second-order valence-corrected chi connectivity index (χ2v) is 6.39. The third-order valence-corrected chi connectivity index (χ3v) is 4.44. The van der Waals surface area contributed by atoms with E-state index in [0.717, 1.165) is 58.4 Å². The second kappa shape index (κ2) is 7.13. The summed E-state index contributed by atoms with van der Waals surface area (Å²) in [5.74, 6) is 2.59. The van der Waals surface area contributed by atoms with Gasteiger partial charge < -0.3 is 15.4 Å². The molecule has 5 nitrogen and oxygen atoms in total. The van der Waals surface area contributed by atoms with Crippen LogP contribution in [0.25, 0.3) is 5.57 Å². The van der Waals surface area contributed by atoms with Gasteiger partial charge in [0.15, 0.2) is 0 Å². The minimum absolute atomic E-state index is 0.699. The lowest BCUT2D eigenvalue weighted by Gasteiger charge is -2.17. The van der Waals surface area contributed by atoms with Crippen LogP contribution in [0.2, 0.25) is 0 Å². The van der Waals surface area contributed by atoms with Gasteiger partial charge in [-0.3, -0.25) is 0 Å². The molecular weight excluding hydrogens is 312 g/mol. The fourth-order valence-corrected chi connectivity index (χ4v) is 3.28. The molecule has 25 heavy (non-hydrogen) atoms. The zero-order valence-corrected chi connectivity index (χ0v) is 15.7. The number of ether oxygens (including phenoxy) is 1. The number of anilines is 3. The molecule has 132 valence electrons. The number of aryl methyl sites for hydroxylation is 1. The predicted molar refractivity (Wildman–Crippen MR) is 104 cm³/mol.